The molecule has 3 rings (SSSR count). The zero-order valence-corrected chi connectivity index (χ0v) is 15.0. The molecule has 0 unspecified atom stereocenters. The van der Waals surface area contributed by atoms with Crippen molar-refractivity contribution >= 4 is 50.8 Å². The number of aromatic nitrogens is 2. The van der Waals surface area contributed by atoms with Crippen LogP contribution in [0.25, 0.3) is 10.2 Å². The molecule has 24 heavy (non-hydrogen) atoms. The Morgan fingerprint density at radius 1 is 1.29 bits per heavy atom. The van der Waals surface area contributed by atoms with Crippen molar-refractivity contribution < 1.29 is 4.79 Å². The van der Waals surface area contributed by atoms with Crippen LogP contribution in [0.1, 0.15) is 0 Å². The lowest BCUT2D eigenvalue weighted by atomic mass is 10.4. The van der Waals surface area contributed by atoms with Gasteiger partial charge >= 0.3 is 0 Å². The van der Waals surface area contributed by atoms with Crippen LogP contribution >= 0.6 is 34.7 Å². The molecule has 0 bridgehead atoms. The first-order valence-electron chi connectivity index (χ1n) is 7.21. The third kappa shape index (κ3) is 4.17. The molecule has 0 fully saturated rings. The van der Waals surface area contributed by atoms with Crippen LogP contribution < -0.4 is 10.9 Å². The van der Waals surface area contributed by atoms with E-state index < -0.39 is 0 Å². The summed E-state index contributed by atoms with van der Waals surface area (Å²) in [7, 11) is 0. The van der Waals surface area contributed by atoms with E-state index in [0.717, 1.165) is 10.6 Å². The fourth-order valence-corrected chi connectivity index (χ4v) is 3.78. The number of thiophene rings is 1. The Kier molecular flexibility index (Phi) is 5.55. The van der Waals surface area contributed by atoms with E-state index >= 15 is 0 Å². The lowest BCUT2D eigenvalue weighted by Gasteiger charge is -2.07. The van der Waals surface area contributed by atoms with Gasteiger partial charge in [0.2, 0.25) is 5.91 Å². The van der Waals surface area contributed by atoms with Gasteiger partial charge in [-0.2, -0.15) is 0 Å². The number of nitrogens with zero attached hydrogens (tertiary/aromatic N) is 2. The van der Waals surface area contributed by atoms with Crippen molar-refractivity contribution in [2.45, 2.75) is 11.4 Å². The van der Waals surface area contributed by atoms with Crippen LogP contribution in [0.4, 0.5) is 0 Å². The second kappa shape index (κ2) is 7.83. The molecule has 8 heteroatoms. The van der Waals surface area contributed by atoms with E-state index in [1.165, 1.54) is 22.2 Å². The average molecular weight is 380 g/mol. The zero-order chi connectivity index (χ0) is 16.9. The molecular formula is C16H14ClN3O2S2. The minimum atomic E-state index is -0.202. The van der Waals surface area contributed by atoms with Crippen molar-refractivity contribution in [3.63, 3.8) is 0 Å². The summed E-state index contributed by atoms with van der Waals surface area (Å²) >= 11 is 8.80. The fraction of sp³-hybridized carbons (Fsp3) is 0.188. The van der Waals surface area contributed by atoms with E-state index in [4.69, 9.17) is 11.6 Å². The molecule has 0 aliphatic rings. The van der Waals surface area contributed by atoms with Gasteiger partial charge in [0.1, 0.15) is 11.2 Å². The molecule has 1 amide bonds. The summed E-state index contributed by atoms with van der Waals surface area (Å²) in [5, 5.41) is 5.33. The molecule has 0 atom stereocenters. The predicted octanol–water partition coefficient (Wildman–Crippen LogP) is 3.02. The third-order valence-corrected chi connectivity index (χ3v) is 5.41. The number of nitrogens with one attached hydrogen (secondary N) is 1. The van der Waals surface area contributed by atoms with Gasteiger partial charge in [-0.25, -0.2) is 4.98 Å². The predicted molar refractivity (Wildman–Crippen MR) is 99.1 cm³/mol. The minimum Gasteiger partial charge on any atom is -0.354 e. The van der Waals surface area contributed by atoms with Crippen LogP contribution in [-0.2, 0) is 11.3 Å². The van der Waals surface area contributed by atoms with Crippen molar-refractivity contribution in [1.82, 2.24) is 14.9 Å². The number of fused-ring (bicyclic) bond motifs is 1. The second-order valence-corrected chi connectivity index (χ2v) is 7.49. The van der Waals surface area contributed by atoms with Gasteiger partial charge in [-0.3, -0.25) is 14.2 Å². The number of hydrogen-bond acceptors (Lipinski definition) is 5. The molecule has 0 saturated heterocycles. The summed E-state index contributed by atoms with van der Waals surface area (Å²) in [5.41, 5.74) is 0.488. The topological polar surface area (TPSA) is 64.0 Å². The third-order valence-electron chi connectivity index (χ3n) is 3.26. The number of amides is 1. The molecule has 2 heterocycles. The van der Waals surface area contributed by atoms with E-state index in [0.29, 0.717) is 21.8 Å². The van der Waals surface area contributed by atoms with Crippen molar-refractivity contribution in [3.8, 4) is 0 Å². The molecule has 1 aromatic carbocycles. The minimum absolute atomic E-state index is 0.0225. The number of rotatable bonds is 6. The first kappa shape index (κ1) is 17.0. The van der Waals surface area contributed by atoms with E-state index in [1.54, 1.807) is 17.8 Å². The van der Waals surface area contributed by atoms with Gasteiger partial charge in [0, 0.05) is 22.2 Å². The maximum atomic E-state index is 12.2. The largest absolute Gasteiger partial charge is 0.354 e. The van der Waals surface area contributed by atoms with Gasteiger partial charge < -0.3 is 5.32 Å². The Balaban J connectivity index is 1.49. The Hall–Kier alpha value is -1.83. The fourth-order valence-electron chi connectivity index (χ4n) is 2.09. The van der Waals surface area contributed by atoms with Crippen LogP contribution in [-0.4, -0.2) is 27.8 Å². The number of hydrogen-bond donors (Lipinski definition) is 1. The van der Waals surface area contributed by atoms with Crippen molar-refractivity contribution in [2.75, 3.05) is 12.3 Å². The Bertz CT molecular complexity index is 906. The highest BCUT2D eigenvalue weighted by atomic mass is 35.5. The maximum Gasteiger partial charge on any atom is 0.271 e. The summed E-state index contributed by atoms with van der Waals surface area (Å²) < 4.78 is 1.91. The Morgan fingerprint density at radius 2 is 2.08 bits per heavy atom. The van der Waals surface area contributed by atoms with Crippen LogP contribution in [0.15, 0.2) is 51.7 Å². The normalized spacial score (nSPS) is 10.9. The molecule has 1 N–H and O–H groups in total. The van der Waals surface area contributed by atoms with E-state index in [1.807, 2.05) is 29.6 Å². The number of halogens is 1. The smallest absolute Gasteiger partial charge is 0.271 e. The maximum absolute atomic E-state index is 12.2. The average Bonchev–Trinajstić information content (AvgIpc) is 3.05. The van der Waals surface area contributed by atoms with Crippen LogP contribution in [0.3, 0.4) is 0 Å². The monoisotopic (exact) mass is 379 g/mol. The highest BCUT2D eigenvalue weighted by molar-refractivity contribution is 7.99. The highest BCUT2D eigenvalue weighted by Gasteiger charge is 2.08. The van der Waals surface area contributed by atoms with Gasteiger partial charge in [0.25, 0.3) is 5.56 Å². The second-order valence-electron chi connectivity index (χ2n) is 4.96. The van der Waals surface area contributed by atoms with Crippen LogP contribution in [0.5, 0.6) is 0 Å². The summed E-state index contributed by atoms with van der Waals surface area (Å²) in [4.78, 5) is 29.5. The molecule has 0 radical (unpaired) electrons. The van der Waals surface area contributed by atoms with E-state index in [2.05, 4.69) is 10.3 Å². The summed E-state index contributed by atoms with van der Waals surface area (Å²) in [6.45, 7) is 0.501. The molecule has 0 aliphatic heterocycles. The zero-order valence-electron chi connectivity index (χ0n) is 12.6. The van der Waals surface area contributed by atoms with Gasteiger partial charge in [0.15, 0.2) is 0 Å². The molecule has 124 valence electrons. The SMILES string of the molecule is O=C(Cn1cnc2ccsc2c1=O)NCCSc1ccc(Cl)cc1. The van der Waals surface area contributed by atoms with Gasteiger partial charge in [-0.1, -0.05) is 11.6 Å². The lowest BCUT2D eigenvalue weighted by Crippen LogP contribution is -2.33. The summed E-state index contributed by atoms with van der Waals surface area (Å²) in [6, 6.07) is 9.34. The molecule has 0 spiro atoms. The number of carbonyl (C=O) groups is 1. The lowest BCUT2D eigenvalue weighted by molar-refractivity contribution is -0.121. The Morgan fingerprint density at radius 3 is 2.88 bits per heavy atom. The highest BCUT2D eigenvalue weighted by Crippen LogP contribution is 2.19. The van der Waals surface area contributed by atoms with E-state index in [-0.39, 0.29) is 18.0 Å². The standard InChI is InChI=1S/C16H14ClN3O2S2/c17-11-1-3-12(4-2-11)23-8-6-18-14(21)9-20-10-19-13-5-7-24-15(13)16(20)22/h1-5,7,10H,6,8-9H2,(H,18,21). The Labute approximate surface area is 151 Å². The van der Waals surface area contributed by atoms with Crippen molar-refractivity contribution in [2.24, 2.45) is 0 Å². The summed E-state index contributed by atoms with van der Waals surface area (Å²) in [5.74, 6) is 0.538. The number of thioether (sulfide) groups is 1. The first-order valence-corrected chi connectivity index (χ1v) is 9.45. The summed E-state index contributed by atoms with van der Waals surface area (Å²) in [6.07, 6.45) is 1.42. The van der Waals surface area contributed by atoms with Crippen molar-refractivity contribution in [1.29, 1.82) is 0 Å². The molecule has 2 aromatic heterocycles. The first-order chi connectivity index (χ1) is 11.6. The molecule has 5 nitrogen and oxygen atoms in total. The molecule has 0 aliphatic carbocycles. The van der Waals surface area contributed by atoms with Gasteiger partial charge in [-0.15, -0.1) is 23.1 Å². The number of benzene rings is 1. The quantitative estimate of drug-likeness (QED) is 0.528. The van der Waals surface area contributed by atoms with Crippen LogP contribution in [0, 0.1) is 0 Å². The van der Waals surface area contributed by atoms with Gasteiger partial charge in [0.05, 0.1) is 11.8 Å². The van der Waals surface area contributed by atoms with Crippen molar-refractivity contribution in [3.05, 3.63) is 57.4 Å². The van der Waals surface area contributed by atoms with E-state index in [9.17, 15) is 9.59 Å². The number of carbonyl (C=O) groups excluding carboxylic acids is 1. The van der Waals surface area contributed by atoms with Gasteiger partial charge in [-0.05, 0) is 35.7 Å². The molecular weight excluding hydrogens is 366 g/mol. The molecule has 0 saturated carbocycles. The molecule has 3 aromatic rings. The van der Waals surface area contributed by atoms with Crippen LogP contribution in [0.2, 0.25) is 5.02 Å².